The van der Waals surface area contributed by atoms with Gasteiger partial charge in [0.05, 0.1) is 14.1 Å². The van der Waals surface area contributed by atoms with Gasteiger partial charge in [-0.3, -0.25) is 4.79 Å². The Balaban J connectivity index is 1.93. The molecule has 0 aromatic heterocycles. The Morgan fingerprint density at radius 1 is 1.04 bits per heavy atom. The van der Waals surface area contributed by atoms with E-state index < -0.39 is 0 Å². The summed E-state index contributed by atoms with van der Waals surface area (Å²) < 4.78 is 5.66. The van der Waals surface area contributed by atoms with Gasteiger partial charge in [0, 0.05) is 0 Å². The zero-order valence-electron chi connectivity index (χ0n) is 16.5. The number of benzene rings is 2. The van der Waals surface area contributed by atoms with Crippen LogP contribution in [0, 0.1) is 0 Å². The van der Waals surface area contributed by atoms with Gasteiger partial charge in [-0.05, 0) is 28.7 Å². The Kier molecular flexibility index (Phi) is 6.81. The fourth-order valence-corrected chi connectivity index (χ4v) is 2.78. The SMILES string of the molecule is C[NH+](C)C[C@@H](NC(=O)COc1ccc(C(C)(C)C)cc1)c1ccccc1. The second kappa shape index (κ2) is 8.86. The largest absolute Gasteiger partial charge is 0.484 e. The third kappa shape index (κ3) is 6.19. The smallest absolute Gasteiger partial charge is 0.258 e. The van der Waals surface area contributed by atoms with Gasteiger partial charge in [0.1, 0.15) is 18.3 Å². The van der Waals surface area contributed by atoms with Crippen LogP contribution in [0.5, 0.6) is 5.75 Å². The van der Waals surface area contributed by atoms with Gasteiger partial charge in [0.2, 0.25) is 0 Å². The molecule has 2 N–H and O–H groups in total. The third-order valence-electron chi connectivity index (χ3n) is 4.24. The van der Waals surface area contributed by atoms with Crippen LogP contribution < -0.4 is 15.0 Å². The molecule has 0 aliphatic rings. The first-order valence-corrected chi connectivity index (χ1v) is 9.12. The van der Waals surface area contributed by atoms with E-state index >= 15 is 0 Å². The molecule has 4 heteroatoms. The van der Waals surface area contributed by atoms with Crippen molar-refractivity contribution in [2.24, 2.45) is 0 Å². The van der Waals surface area contributed by atoms with Gasteiger partial charge < -0.3 is 15.0 Å². The normalized spacial score (nSPS) is 12.7. The van der Waals surface area contributed by atoms with Crippen LogP contribution in [-0.4, -0.2) is 33.2 Å². The number of rotatable bonds is 7. The highest BCUT2D eigenvalue weighted by Gasteiger charge is 2.18. The predicted molar refractivity (Wildman–Crippen MR) is 106 cm³/mol. The van der Waals surface area contributed by atoms with Crippen molar-refractivity contribution in [2.45, 2.75) is 32.2 Å². The molecule has 2 aromatic carbocycles. The summed E-state index contributed by atoms with van der Waals surface area (Å²) in [6.45, 7) is 7.35. The summed E-state index contributed by atoms with van der Waals surface area (Å²) >= 11 is 0. The van der Waals surface area contributed by atoms with E-state index in [9.17, 15) is 4.79 Å². The number of hydrogen-bond donors (Lipinski definition) is 2. The van der Waals surface area contributed by atoms with Crippen LogP contribution >= 0.6 is 0 Å². The second-order valence-corrected chi connectivity index (χ2v) is 8.01. The number of likely N-dealkylation sites (N-methyl/N-ethyl adjacent to an activating group) is 1. The molecule has 2 aromatic rings. The summed E-state index contributed by atoms with van der Waals surface area (Å²) in [6.07, 6.45) is 0. The van der Waals surface area contributed by atoms with E-state index in [4.69, 9.17) is 4.74 Å². The fraction of sp³-hybridized carbons (Fsp3) is 0.409. The van der Waals surface area contributed by atoms with E-state index in [0.29, 0.717) is 5.75 Å². The number of ether oxygens (including phenoxy) is 1. The second-order valence-electron chi connectivity index (χ2n) is 8.01. The highest BCUT2D eigenvalue weighted by Crippen LogP contribution is 2.24. The van der Waals surface area contributed by atoms with Crippen molar-refractivity contribution in [3.63, 3.8) is 0 Å². The summed E-state index contributed by atoms with van der Waals surface area (Å²) in [4.78, 5) is 13.6. The number of hydrogen-bond acceptors (Lipinski definition) is 2. The molecule has 140 valence electrons. The van der Waals surface area contributed by atoms with Crippen molar-refractivity contribution >= 4 is 5.91 Å². The van der Waals surface area contributed by atoms with Crippen molar-refractivity contribution in [1.29, 1.82) is 0 Å². The van der Waals surface area contributed by atoms with Crippen LogP contribution in [0.4, 0.5) is 0 Å². The summed E-state index contributed by atoms with van der Waals surface area (Å²) in [5, 5.41) is 3.09. The first kappa shape index (κ1) is 20.0. The van der Waals surface area contributed by atoms with Crippen LogP contribution in [-0.2, 0) is 10.2 Å². The number of amides is 1. The van der Waals surface area contributed by atoms with Crippen LogP contribution in [0.1, 0.15) is 37.9 Å². The first-order chi connectivity index (χ1) is 12.3. The fourth-order valence-electron chi connectivity index (χ4n) is 2.78. The highest BCUT2D eigenvalue weighted by molar-refractivity contribution is 5.78. The van der Waals surface area contributed by atoms with Gasteiger partial charge in [-0.15, -0.1) is 0 Å². The van der Waals surface area contributed by atoms with E-state index in [1.807, 2.05) is 42.5 Å². The Bertz CT molecular complexity index is 688. The van der Waals surface area contributed by atoms with E-state index in [1.165, 1.54) is 10.5 Å². The topological polar surface area (TPSA) is 42.8 Å². The average molecular weight is 356 g/mol. The molecule has 0 unspecified atom stereocenters. The maximum absolute atomic E-state index is 12.4. The Morgan fingerprint density at radius 3 is 2.19 bits per heavy atom. The molecule has 4 nitrogen and oxygen atoms in total. The summed E-state index contributed by atoms with van der Waals surface area (Å²) in [6, 6.07) is 18.0. The van der Waals surface area contributed by atoms with Gasteiger partial charge >= 0.3 is 0 Å². The molecule has 0 aliphatic carbocycles. The molecule has 1 atom stereocenters. The molecular formula is C22H31N2O2+. The molecular weight excluding hydrogens is 324 g/mol. The number of quaternary nitrogens is 1. The highest BCUT2D eigenvalue weighted by atomic mass is 16.5. The maximum atomic E-state index is 12.4. The zero-order chi connectivity index (χ0) is 19.2. The van der Waals surface area contributed by atoms with Gasteiger partial charge in [-0.25, -0.2) is 0 Å². The summed E-state index contributed by atoms with van der Waals surface area (Å²) in [5.74, 6) is 0.600. The minimum Gasteiger partial charge on any atom is -0.484 e. The minimum atomic E-state index is -0.111. The van der Waals surface area contributed by atoms with Crippen LogP contribution in [0.15, 0.2) is 54.6 Å². The molecule has 0 spiro atoms. The molecule has 0 saturated carbocycles. The Morgan fingerprint density at radius 2 is 1.65 bits per heavy atom. The molecule has 26 heavy (non-hydrogen) atoms. The molecule has 1 amide bonds. The van der Waals surface area contributed by atoms with Crippen molar-refractivity contribution in [1.82, 2.24) is 5.32 Å². The number of carbonyl (C=O) groups is 1. The van der Waals surface area contributed by atoms with Gasteiger partial charge in [0.15, 0.2) is 6.61 Å². The minimum absolute atomic E-state index is 0.0148. The molecule has 0 fully saturated rings. The lowest BCUT2D eigenvalue weighted by Gasteiger charge is -2.21. The third-order valence-corrected chi connectivity index (χ3v) is 4.24. The van der Waals surface area contributed by atoms with Gasteiger partial charge in [-0.2, -0.15) is 0 Å². The Hall–Kier alpha value is -2.33. The lowest BCUT2D eigenvalue weighted by Crippen LogP contribution is -3.06. The van der Waals surface area contributed by atoms with Crippen molar-refractivity contribution in [3.05, 3.63) is 65.7 Å². The van der Waals surface area contributed by atoms with Crippen molar-refractivity contribution in [3.8, 4) is 5.75 Å². The standard InChI is InChI=1S/C22H30N2O2/c1-22(2,3)18-11-13-19(14-12-18)26-16-21(25)23-20(15-24(4)5)17-9-7-6-8-10-17/h6-14,20H,15-16H2,1-5H3,(H,23,25)/p+1/t20-/m1/s1. The summed E-state index contributed by atoms with van der Waals surface area (Å²) in [7, 11) is 4.16. The molecule has 0 aliphatic heterocycles. The number of nitrogens with one attached hydrogen (secondary N) is 2. The molecule has 0 heterocycles. The van der Waals surface area contributed by atoms with E-state index in [0.717, 1.165) is 12.1 Å². The van der Waals surface area contributed by atoms with E-state index in [1.54, 1.807) is 0 Å². The van der Waals surface area contributed by atoms with Crippen LogP contribution in [0.2, 0.25) is 0 Å². The van der Waals surface area contributed by atoms with Gasteiger partial charge in [0.25, 0.3) is 5.91 Å². The molecule has 0 saturated heterocycles. The molecule has 0 bridgehead atoms. The van der Waals surface area contributed by atoms with Crippen molar-refractivity contribution < 1.29 is 14.4 Å². The van der Waals surface area contributed by atoms with Crippen LogP contribution in [0.3, 0.4) is 0 Å². The van der Waals surface area contributed by atoms with E-state index in [2.05, 4.69) is 52.3 Å². The quantitative estimate of drug-likeness (QED) is 0.801. The zero-order valence-corrected chi connectivity index (χ0v) is 16.5. The Labute approximate surface area is 157 Å². The average Bonchev–Trinajstić information content (AvgIpc) is 2.59. The molecule has 0 radical (unpaired) electrons. The van der Waals surface area contributed by atoms with Crippen molar-refractivity contribution in [2.75, 3.05) is 27.2 Å². The molecule has 2 rings (SSSR count). The maximum Gasteiger partial charge on any atom is 0.258 e. The lowest BCUT2D eigenvalue weighted by atomic mass is 9.87. The van der Waals surface area contributed by atoms with Crippen LogP contribution in [0.25, 0.3) is 0 Å². The monoisotopic (exact) mass is 355 g/mol. The lowest BCUT2D eigenvalue weighted by molar-refractivity contribution is -0.860. The predicted octanol–water partition coefficient (Wildman–Crippen LogP) is 2.36. The number of carbonyl (C=O) groups excluding carboxylic acids is 1. The first-order valence-electron chi connectivity index (χ1n) is 9.12. The van der Waals surface area contributed by atoms with Gasteiger partial charge in [-0.1, -0.05) is 63.2 Å². The van der Waals surface area contributed by atoms with E-state index in [-0.39, 0.29) is 24.0 Å². The summed E-state index contributed by atoms with van der Waals surface area (Å²) in [5.41, 5.74) is 2.46.